The first-order chi connectivity index (χ1) is 16.3. The van der Waals surface area contributed by atoms with Crippen molar-refractivity contribution in [1.82, 2.24) is 20.0 Å². The van der Waals surface area contributed by atoms with Crippen LogP contribution in [0.5, 0.6) is 5.75 Å². The van der Waals surface area contributed by atoms with Gasteiger partial charge in [0.1, 0.15) is 11.4 Å². The van der Waals surface area contributed by atoms with E-state index in [1.807, 2.05) is 57.2 Å². The highest BCUT2D eigenvalue weighted by Gasteiger charge is 2.31. The lowest BCUT2D eigenvalue weighted by Crippen LogP contribution is -2.49. The molecule has 3 heterocycles. The van der Waals surface area contributed by atoms with Gasteiger partial charge in [-0.25, -0.2) is 4.79 Å². The number of hydrogen-bond acceptors (Lipinski definition) is 6. The molecule has 2 aliphatic heterocycles. The summed E-state index contributed by atoms with van der Waals surface area (Å²) in [6.07, 6.45) is 1.42. The molecule has 1 amide bonds. The van der Waals surface area contributed by atoms with Crippen molar-refractivity contribution in [2.75, 3.05) is 26.2 Å². The summed E-state index contributed by atoms with van der Waals surface area (Å²) in [5.74, 6) is 0.737. The number of nitrogens with one attached hydrogen (secondary N) is 1. The van der Waals surface area contributed by atoms with E-state index < -0.39 is 5.60 Å². The number of aromatic amines is 1. The van der Waals surface area contributed by atoms with E-state index in [0.29, 0.717) is 36.6 Å². The molecular weight excluding hydrogens is 432 g/mol. The Morgan fingerprint density at radius 2 is 1.88 bits per heavy atom. The summed E-state index contributed by atoms with van der Waals surface area (Å²) in [7, 11) is 0. The normalized spacial score (nSPS) is 17.8. The van der Waals surface area contributed by atoms with Crippen molar-refractivity contribution in [3.63, 3.8) is 0 Å². The fourth-order valence-electron chi connectivity index (χ4n) is 4.27. The van der Waals surface area contributed by atoms with Crippen LogP contribution in [0.25, 0.3) is 17.0 Å². The molecule has 0 bridgehead atoms. The predicted molar refractivity (Wildman–Crippen MR) is 129 cm³/mol. The van der Waals surface area contributed by atoms with Gasteiger partial charge in [0, 0.05) is 49.7 Å². The Morgan fingerprint density at radius 3 is 2.65 bits per heavy atom. The number of hydrogen-bond donors (Lipinski definition) is 1. The van der Waals surface area contributed by atoms with Crippen LogP contribution in [-0.2, 0) is 11.3 Å². The van der Waals surface area contributed by atoms with Gasteiger partial charge in [-0.2, -0.15) is 5.10 Å². The molecule has 1 N–H and O–H groups in total. The Hall–Kier alpha value is -3.65. The summed E-state index contributed by atoms with van der Waals surface area (Å²) in [6.45, 7) is 8.89. The van der Waals surface area contributed by atoms with Crippen molar-refractivity contribution in [3.8, 4) is 5.75 Å². The largest absolute Gasteiger partial charge is 0.452 e. The van der Waals surface area contributed by atoms with Crippen molar-refractivity contribution < 1.29 is 19.1 Å². The summed E-state index contributed by atoms with van der Waals surface area (Å²) in [5.41, 5.74) is 2.59. The Bertz CT molecular complexity index is 1280. The number of rotatable bonds is 3. The SMILES string of the molecule is CC(C)(C)OC(=O)N1CCN(Cc2cccc3c2O/C(=C\c2n[nH]c4ccccc24)C3=O)CC1. The highest BCUT2D eigenvalue weighted by Crippen LogP contribution is 2.36. The van der Waals surface area contributed by atoms with Crippen LogP contribution >= 0.6 is 0 Å². The minimum absolute atomic E-state index is 0.140. The number of para-hydroxylation sites is 2. The topological polar surface area (TPSA) is 87.8 Å². The summed E-state index contributed by atoms with van der Waals surface area (Å²) in [4.78, 5) is 29.4. The van der Waals surface area contributed by atoms with Gasteiger partial charge in [-0.15, -0.1) is 0 Å². The number of carbonyl (C=O) groups is 2. The highest BCUT2D eigenvalue weighted by atomic mass is 16.6. The molecule has 8 heteroatoms. The maximum atomic E-state index is 13.0. The molecule has 0 unspecified atom stereocenters. The van der Waals surface area contributed by atoms with Gasteiger partial charge >= 0.3 is 6.09 Å². The fourth-order valence-corrected chi connectivity index (χ4v) is 4.27. The molecule has 0 atom stereocenters. The van der Waals surface area contributed by atoms with E-state index in [-0.39, 0.29) is 17.6 Å². The van der Waals surface area contributed by atoms with Crippen LogP contribution in [0.4, 0.5) is 4.79 Å². The molecule has 8 nitrogen and oxygen atoms in total. The Kier molecular flexibility index (Phi) is 5.61. The molecule has 0 saturated carbocycles. The lowest BCUT2D eigenvalue weighted by Gasteiger charge is -2.35. The van der Waals surface area contributed by atoms with E-state index in [1.54, 1.807) is 17.0 Å². The number of Topliss-reactive ketones (excluding diaryl/α,β-unsaturated/α-hetero) is 1. The van der Waals surface area contributed by atoms with Crippen molar-refractivity contribution in [2.45, 2.75) is 32.9 Å². The van der Waals surface area contributed by atoms with Crippen LogP contribution < -0.4 is 4.74 Å². The standard InChI is InChI=1S/C26H28N4O4/c1-26(2,3)34-25(32)30-13-11-29(12-14-30)16-17-7-6-9-19-23(31)22(33-24(17)19)15-21-18-8-4-5-10-20(18)27-28-21/h4-10,15H,11-14,16H2,1-3H3,(H,27,28)/b22-15-. The van der Waals surface area contributed by atoms with E-state index in [4.69, 9.17) is 9.47 Å². The number of aromatic nitrogens is 2. The Labute approximate surface area is 198 Å². The van der Waals surface area contributed by atoms with E-state index in [2.05, 4.69) is 15.1 Å². The van der Waals surface area contributed by atoms with Gasteiger partial charge in [0.25, 0.3) is 0 Å². The molecule has 2 aromatic carbocycles. The maximum Gasteiger partial charge on any atom is 0.410 e. The summed E-state index contributed by atoms with van der Waals surface area (Å²) in [6, 6.07) is 13.4. The molecule has 3 aromatic rings. The molecule has 5 rings (SSSR count). The molecule has 0 radical (unpaired) electrons. The van der Waals surface area contributed by atoms with Crippen LogP contribution in [0, 0.1) is 0 Å². The summed E-state index contributed by atoms with van der Waals surface area (Å²) < 4.78 is 11.6. The smallest absolute Gasteiger partial charge is 0.410 e. The van der Waals surface area contributed by atoms with Gasteiger partial charge in [0.05, 0.1) is 16.8 Å². The second kappa shape index (κ2) is 8.61. The molecule has 1 saturated heterocycles. The second-order valence-corrected chi connectivity index (χ2v) is 9.63. The minimum atomic E-state index is -0.504. The molecule has 34 heavy (non-hydrogen) atoms. The van der Waals surface area contributed by atoms with Crippen molar-refractivity contribution in [2.24, 2.45) is 0 Å². The third-order valence-corrected chi connectivity index (χ3v) is 5.96. The van der Waals surface area contributed by atoms with E-state index in [1.165, 1.54) is 0 Å². The first-order valence-corrected chi connectivity index (χ1v) is 11.5. The number of ketones is 1. The average Bonchev–Trinajstić information content (AvgIpc) is 3.35. The van der Waals surface area contributed by atoms with E-state index in [9.17, 15) is 9.59 Å². The molecule has 1 aromatic heterocycles. The zero-order valence-electron chi connectivity index (χ0n) is 19.6. The number of H-pyrrole nitrogens is 1. The van der Waals surface area contributed by atoms with Crippen LogP contribution in [-0.4, -0.2) is 63.7 Å². The fraction of sp³-hybridized carbons (Fsp3) is 0.346. The van der Waals surface area contributed by atoms with Gasteiger partial charge in [0.2, 0.25) is 5.78 Å². The number of fused-ring (bicyclic) bond motifs is 2. The van der Waals surface area contributed by atoms with E-state index in [0.717, 1.165) is 29.6 Å². The number of ether oxygens (including phenoxy) is 2. The Morgan fingerprint density at radius 1 is 1.12 bits per heavy atom. The van der Waals surface area contributed by atoms with Crippen LogP contribution in [0.3, 0.4) is 0 Å². The van der Waals surface area contributed by atoms with Gasteiger partial charge in [-0.1, -0.05) is 30.3 Å². The van der Waals surface area contributed by atoms with Crippen LogP contribution in [0.1, 0.15) is 42.4 Å². The van der Waals surface area contributed by atoms with Crippen LogP contribution in [0.15, 0.2) is 48.2 Å². The predicted octanol–water partition coefficient (Wildman–Crippen LogP) is 4.23. The first kappa shape index (κ1) is 22.2. The maximum absolute atomic E-state index is 13.0. The molecule has 1 fully saturated rings. The number of piperazine rings is 1. The van der Waals surface area contributed by atoms with Gasteiger partial charge in [-0.05, 0) is 32.9 Å². The van der Waals surface area contributed by atoms with Crippen molar-refractivity contribution in [3.05, 3.63) is 65.0 Å². The number of carbonyl (C=O) groups excluding carboxylic acids is 2. The first-order valence-electron chi connectivity index (χ1n) is 11.5. The van der Waals surface area contributed by atoms with Gasteiger partial charge in [-0.3, -0.25) is 14.8 Å². The third-order valence-electron chi connectivity index (χ3n) is 5.96. The highest BCUT2D eigenvalue weighted by molar-refractivity contribution is 6.15. The number of amides is 1. The molecule has 0 spiro atoms. The van der Waals surface area contributed by atoms with Gasteiger partial charge in [0.15, 0.2) is 5.76 Å². The Balaban J connectivity index is 1.29. The van der Waals surface area contributed by atoms with Crippen molar-refractivity contribution in [1.29, 1.82) is 0 Å². The number of benzene rings is 2. The summed E-state index contributed by atoms with van der Waals surface area (Å²) >= 11 is 0. The molecule has 0 aliphatic carbocycles. The van der Waals surface area contributed by atoms with Gasteiger partial charge < -0.3 is 14.4 Å². The monoisotopic (exact) mass is 460 g/mol. The second-order valence-electron chi connectivity index (χ2n) is 9.63. The lowest BCUT2D eigenvalue weighted by molar-refractivity contribution is 0.0138. The van der Waals surface area contributed by atoms with E-state index >= 15 is 0 Å². The molecule has 176 valence electrons. The number of allylic oxidation sites excluding steroid dienone is 1. The van der Waals surface area contributed by atoms with Crippen molar-refractivity contribution >= 4 is 28.9 Å². The zero-order valence-corrected chi connectivity index (χ0v) is 19.6. The minimum Gasteiger partial charge on any atom is -0.452 e. The number of nitrogens with zero attached hydrogens (tertiary/aromatic N) is 3. The molecule has 2 aliphatic rings. The quantitative estimate of drug-likeness (QED) is 0.589. The lowest BCUT2D eigenvalue weighted by atomic mass is 10.1. The molecular formula is C26H28N4O4. The zero-order chi connectivity index (χ0) is 23.9. The average molecular weight is 461 g/mol. The summed E-state index contributed by atoms with van der Waals surface area (Å²) in [5, 5.41) is 8.25. The third kappa shape index (κ3) is 4.41. The van der Waals surface area contributed by atoms with Crippen LogP contribution in [0.2, 0.25) is 0 Å².